The van der Waals surface area contributed by atoms with E-state index in [1.807, 2.05) is 42.5 Å². The maximum absolute atomic E-state index is 12.5. The predicted molar refractivity (Wildman–Crippen MR) is 123 cm³/mol. The summed E-state index contributed by atoms with van der Waals surface area (Å²) in [4.78, 5) is 29.4. The van der Waals surface area contributed by atoms with Crippen molar-refractivity contribution in [3.63, 3.8) is 0 Å². The minimum atomic E-state index is -0.295. The van der Waals surface area contributed by atoms with Crippen LogP contribution in [0.1, 0.15) is 44.6 Å². The molecule has 1 heterocycles. The summed E-state index contributed by atoms with van der Waals surface area (Å²) in [7, 11) is 0. The first-order valence-corrected chi connectivity index (χ1v) is 11.3. The fourth-order valence-electron chi connectivity index (χ4n) is 3.87. The maximum atomic E-state index is 12.5. The first-order chi connectivity index (χ1) is 14.6. The zero-order chi connectivity index (χ0) is 20.9. The van der Waals surface area contributed by atoms with Crippen LogP contribution in [0.15, 0.2) is 42.5 Å². The summed E-state index contributed by atoms with van der Waals surface area (Å²) in [5.41, 5.74) is 3.30. The number of hydrogen-bond donors (Lipinski definition) is 3. The molecule has 3 amide bonds. The Kier molecular flexibility index (Phi) is 6.28. The number of anilines is 3. The van der Waals surface area contributed by atoms with Gasteiger partial charge in [-0.25, -0.2) is 9.78 Å². The van der Waals surface area contributed by atoms with Crippen LogP contribution in [0, 0.1) is 5.92 Å². The standard InChI is InChI=1S/C23H26N4O2S/c1-2-15-8-6-7-11-18(15)25-22(29)24-17-12-13-20-19(14-17)26-23(30-20)27-21(28)16-9-4-3-5-10-16/h6-8,11-14,16H,2-5,9-10H2,1H3,(H2,24,25,29)(H,26,27,28). The summed E-state index contributed by atoms with van der Waals surface area (Å²) < 4.78 is 0.969. The molecule has 156 valence electrons. The lowest BCUT2D eigenvalue weighted by atomic mass is 9.89. The van der Waals surface area contributed by atoms with E-state index < -0.39 is 0 Å². The third kappa shape index (κ3) is 4.79. The summed E-state index contributed by atoms with van der Waals surface area (Å²) in [5.74, 6) is 0.166. The largest absolute Gasteiger partial charge is 0.323 e. The third-order valence-corrected chi connectivity index (χ3v) is 6.45. The van der Waals surface area contributed by atoms with Crippen LogP contribution in [-0.2, 0) is 11.2 Å². The number of aromatic nitrogens is 1. The van der Waals surface area contributed by atoms with Crippen LogP contribution >= 0.6 is 11.3 Å². The van der Waals surface area contributed by atoms with Gasteiger partial charge >= 0.3 is 6.03 Å². The quantitative estimate of drug-likeness (QED) is 0.470. The SMILES string of the molecule is CCc1ccccc1NC(=O)Nc1ccc2sc(NC(=O)C3CCCCC3)nc2c1. The number of urea groups is 1. The van der Waals surface area contributed by atoms with Crippen molar-refractivity contribution in [1.82, 2.24) is 4.98 Å². The Balaban J connectivity index is 1.42. The van der Waals surface area contributed by atoms with Gasteiger partial charge < -0.3 is 16.0 Å². The van der Waals surface area contributed by atoms with E-state index in [1.165, 1.54) is 17.8 Å². The van der Waals surface area contributed by atoms with Crippen LogP contribution in [0.3, 0.4) is 0 Å². The molecule has 3 aromatic rings. The summed E-state index contributed by atoms with van der Waals surface area (Å²) in [6.07, 6.45) is 6.23. The van der Waals surface area contributed by atoms with Crippen molar-refractivity contribution in [2.45, 2.75) is 45.4 Å². The minimum absolute atomic E-state index is 0.0704. The van der Waals surface area contributed by atoms with E-state index >= 15 is 0 Å². The molecule has 0 unspecified atom stereocenters. The Hall–Kier alpha value is -2.93. The first-order valence-electron chi connectivity index (χ1n) is 10.5. The van der Waals surface area contributed by atoms with Crippen LogP contribution in [-0.4, -0.2) is 16.9 Å². The Labute approximate surface area is 180 Å². The second-order valence-electron chi connectivity index (χ2n) is 7.62. The van der Waals surface area contributed by atoms with Crippen molar-refractivity contribution < 1.29 is 9.59 Å². The Bertz CT molecular complexity index is 1060. The number of aryl methyl sites for hydroxylation is 1. The molecule has 0 atom stereocenters. The number of thiazole rings is 1. The van der Waals surface area contributed by atoms with Gasteiger partial charge in [0.05, 0.1) is 10.2 Å². The van der Waals surface area contributed by atoms with E-state index in [0.717, 1.165) is 53.6 Å². The van der Waals surface area contributed by atoms with E-state index in [2.05, 4.69) is 27.9 Å². The van der Waals surface area contributed by atoms with E-state index in [1.54, 1.807) is 0 Å². The average Bonchev–Trinajstić information content (AvgIpc) is 3.16. The molecule has 30 heavy (non-hydrogen) atoms. The topological polar surface area (TPSA) is 83.1 Å². The second kappa shape index (κ2) is 9.26. The van der Waals surface area contributed by atoms with Crippen LogP contribution in [0.4, 0.5) is 21.3 Å². The highest BCUT2D eigenvalue weighted by molar-refractivity contribution is 7.22. The summed E-state index contributed by atoms with van der Waals surface area (Å²) in [5, 5.41) is 9.35. The fraction of sp³-hybridized carbons (Fsp3) is 0.348. The van der Waals surface area contributed by atoms with Gasteiger partial charge in [0.1, 0.15) is 0 Å². The molecule has 6 nitrogen and oxygen atoms in total. The van der Waals surface area contributed by atoms with Gasteiger partial charge in [-0.1, -0.05) is 55.7 Å². The molecule has 1 aliphatic rings. The van der Waals surface area contributed by atoms with Gasteiger partial charge in [-0.2, -0.15) is 0 Å². The number of para-hydroxylation sites is 1. The number of rotatable bonds is 5. The molecule has 1 fully saturated rings. The van der Waals surface area contributed by atoms with Crippen molar-refractivity contribution >= 4 is 50.0 Å². The van der Waals surface area contributed by atoms with Crippen LogP contribution in [0.25, 0.3) is 10.2 Å². The van der Waals surface area contributed by atoms with E-state index in [4.69, 9.17) is 0 Å². The molecular formula is C23H26N4O2S. The van der Waals surface area contributed by atoms with Gasteiger partial charge in [0, 0.05) is 17.3 Å². The molecule has 0 spiro atoms. The number of nitrogens with one attached hydrogen (secondary N) is 3. The highest BCUT2D eigenvalue weighted by atomic mass is 32.1. The Morgan fingerprint density at radius 3 is 2.63 bits per heavy atom. The van der Waals surface area contributed by atoms with Crippen molar-refractivity contribution in [2.75, 3.05) is 16.0 Å². The number of amides is 3. The van der Waals surface area contributed by atoms with Gasteiger partial charge in [0.15, 0.2) is 5.13 Å². The Morgan fingerprint density at radius 1 is 1.03 bits per heavy atom. The highest BCUT2D eigenvalue weighted by Gasteiger charge is 2.22. The molecular weight excluding hydrogens is 396 g/mol. The van der Waals surface area contributed by atoms with Crippen molar-refractivity contribution in [1.29, 1.82) is 0 Å². The highest BCUT2D eigenvalue weighted by Crippen LogP contribution is 2.30. The predicted octanol–water partition coefficient (Wildman–Crippen LogP) is 6.02. The lowest BCUT2D eigenvalue weighted by molar-refractivity contribution is -0.120. The van der Waals surface area contributed by atoms with Gasteiger partial charge in [-0.05, 0) is 49.1 Å². The lowest BCUT2D eigenvalue weighted by Crippen LogP contribution is -2.24. The van der Waals surface area contributed by atoms with Crippen LogP contribution < -0.4 is 16.0 Å². The summed E-state index contributed by atoms with van der Waals surface area (Å²) in [6.45, 7) is 2.05. The zero-order valence-electron chi connectivity index (χ0n) is 17.0. The number of fused-ring (bicyclic) bond motifs is 1. The molecule has 0 aliphatic heterocycles. The molecule has 0 radical (unpaired) electrons. The Morgan fingerprint density at radius 2 is 1.83 bits per heavy atom. The van der Waals surface area contributed by atoms with Gasteiger partial charge in [-0.3, -0.25) is 4.79 Å². The van der Waals surface area contributed by atoms with Crippen molar-refractivity contribution in [3.05, 3.63) is 48.0 Å². The fourth-order valence-corrected chi connectivity index (χ4v) is 4.72. The molecule has 2 aromatic carbocycles. The molecule has 0 saturated heterocycles. The molecule has 7 heteroatoms. The molecule has 3 N–H and O–H groups in total. The first kappa shape index (κ1) is 20.3. The summed E-state index contributed by atoms with van der Waals surface area (Å²) in [6, 6.07) is 13.0. The number of benzene rings is 2. The number of carbonyl (C=O) groups is 2. The van der Waals surface area contributed by atoms with Crippen LogP contribution in [0.2, 0.25) is 0 Å². The number of nitrogens with zero attached hydrogens (tertiary/aromatic N) is 1. The zero-order valence-corrected chi connectivity index (χ0v) is 17.8. The van der Waals surface area contributed by atoms with Gasteiger partial charge in [0.25, 0.3) is 0 Å². The van der Waals surface area contributed by atoms with Gasteiger partial charge in [-0.15, -0.1) is 0 Å². The average molecular weight is 423 g/mol. The molecule has 0 bridgehead atoms. The van der Waals surface area contributed by atoms with Crippen molar-refractivity contribution in [3.8, 4) is 0 Å². The number of carbonyl (C=O) groups excluding carboxylic acids is 2. The van der Waals surface area contributed by atoms with E-state index in [-0.39, 0.29) is 17.9 Å². The smallest absolute Gasteiger partial charge is 0.308 e. The molecule has 1 aliphatic carbocycles. The van der Waals surface area contributed by atoms with Gasteiger partial charge in [0.2, 0.25) is 5.91 Å². The van der Waals surface area contributed by atoms with E-state index in [0.29, 0.717) is 10.8 Å². The summed E-state index contributed by atoms with van der Waals surface area (Å²) >= 11 is 1.45. The second-order valence-corrected chi connectivity index (χ2v) is 8.65. The normalized spacial score (nSPS) is 14.4. The van der Waals surface area contributed by atoms with E-state index in [9.17, 15) is 9.59 Å². The third-order valence-electron chi connectivity index (χ3n) is 5.50. The molecule has 1 saturated carbocycles. The lowest BCUT2D eigenvalue weighted by Gasteiger charge is -2.19. The monoisotopic (exact) mass is 422 g/mol. The maximum Gasteiger partial charge on any atom is 0.323 e. The van der Waals surface area contributed by atoms with Crippen molar-refractivity contribution in [2.24, 2.45) is 5.92 Å². The minimum Gasteiger partial charge on any atom is -0.308 e. The molecule has 4 rings (SSSR count). The van der Waals surface area contributed by atoms with Crippen LogP contribution in [0.5, 0.6) is 0 Å². The number of hydrogen-bond acceptors (Lipinski definition) is 4. The molecule has 1 aromatic heterocycles.